The molecule has 2 aliphatic carbocycles. The molecule has 1 fully saturated rings. The van der Waals surface area contributed by atoms with Crippen LogP contribution in [0.1, 0.15) is 115 Å². The first-order chi connectivity index (χ1) is 64.4. The van der Waals surface area contributed by atoms with Crippen LogP contribution >= 0.6 is 0 Å². The third kappa shape index (κ3) is 10.4. The van der Waals surface area contributed by atoms with Crippen LogP contribution in [0.4, 0.5) is 51.2 Å². The van der Waals surface area contributed by atoms with Gasteiger partial charge in [0.15, 0.2) is 0 Å². The Balaban J connectivity index is 0.855. The molecule has 6 heterocycles. The van der Waals surface area contributed by atoms with Crippen LogP contribution in [0.2, 0.25) is 0 Å². The number of ether oxygens (including phenoxy) is 3. The molecule has 0 radical (unpaired) electrons. The van der Waals surface area contributed by atoms with Crippen molar-refractivity contribution in [2.75, 3.05) is 14.7 Å². The van der Waals surface area contributed by atoms with E-state index < -0.39 is 16.2 Å². The normalized spacial score (nSPS) is 15.9. The molecule has 0 amide bonds. The summed E-state index contributed by atoms with van der Waals surface area (Å²) in [6.45, 7) is 0. The maximum absolute atomic E-state index is 14.5. The topological polar surface area (TPSA) is 61.2 Å². The van der Waals surface area contributed by atoms with Crippen molar-refractivity contribution in [1.29, 1.82) is 5.26 Å². The second-order valence-corrected chi connectivity index (χ2v) is 35.7. The number of anilines is 9. The number of nitriles is 1. The highest BCUT2D eigenvalue weighted by atomic mass is 16.5. The van der Waals surface area contributed by atoms with Crippen molar-refractivity contribution in [3.8, 4) is 107 Å². The molecule has 130 heavy (non-hydrogen) atoms. The van der Waals surface area contributed by atoms with Gasteiger partial charge in [-0.05, 0) is 252 Å². The molecule has 27 rings (SSSR count). The van der Waals surface area contributed by atoms with Gasteiger partial charge in [0.25, 0.3) is 0 Å². The second-order valence-electron chi connectivity index (χ2n) is 35.7. The van der Waals surface area contributed by atoms with E-state index in [4.69, 9.17) is 14.2 Å². The minimum atomic E-state index is -1.07. The van der Waals surface area contributed by atoms with Crippen LogP contribution in [-0.2, 0) is 16.2 Å². The maximum Gasteiger partial charge on any atom is 0.132 e. The van der Waals surface area contributed by atoms with Crippen LogP contribution in [0.5, 0.6) is 34.5 Å². The summed E-state index contributed by atoms with van der Waals surface area (Å²) in [5, 5.41) is 14.5. The molecule has 19 aromatic rings. The molecular weight excluding hydrogens is 1580 g/mol. The lowest BCUT2D eigenvalue weighted by molar-refractivity contribution is 0.433. The van der Waals surface area contributed by atoms with E-state index in [1.807, 2.05) is 0 Å². The summed E-state index contributed by atoms with van der Waals surface area (Å²) in [6.07, 6.45) is 2.73. The van der Waals surface area contributed by atoms with Crippen molar-refractivity contribution in [3.63, 3.8) is 0 Å². The van der Waals surface area contributed by atoms with E-state index in [9.17, 15) is 5.26 Å². The van der Waals surface area contributed by atoms with Gasteiger partial charge in [0.05, 0.1) is 67.4 Å². The van der Waals surface area contributed by atoms with E-state index in [0.29, 0.717) is 5.56 Å². The molecule has 19 aromatic carbocycles. The molecular formula is C123H80N4O3. The maximum atomic E-state index is 14.5. The smallest absolute Gasteiger partial charge is 0.132 e. The van der Waals surface area contributed by atoms with E-state index in [1.54, 1.807) is 0 Å². The molecule has 0 saturated heterocycles. The number of rotatable bonds is 9. The molecule has 6 aliphatic heterocycles. The number of benzene rings is 19. The summed E-state index contributed by atoms with van der Waals surface area (Å²) >= 11 is 0. The monoisotopic (exact) mass is 1660 g/mol. The second kappa shape index (κ2) is 28.5. The van der Waals surface area contributed by atoms with E-state index in [0.717, 1.165) is 238 Å². The number of fused-ring (bicyclic) bond motifs is 29. The third-order valence-electron chi connectivity index (χ3n) is 29.4. The van der Waals surface area contributed by atoms with Crippen molar-refractivity contribution < 1.29 is 14.2 Å². The Morgan fingerprint density at radius 1 is 0.208 bits per heavy atom. The van der Waals surface area contributed by atoms with E-state index in [1.165, 1.54) is 11.1 Å². The van der Waals surface area contributed by atoms with E-state index in [-0.39, 0.29) is 11.8 Å². The van der Waals surface area contributed by atoms with Gasteiger partial charge in [0.2, 0.25) is 0 Å². The zero-order valence-electron chi connectivity index (χ0n) is 70.9. The van der Waals surface area contributed by atoms with Crippen molar-refractivity contribution in [2.24, 2.45) is 0 Å². The predicted molar refractivity (Wildman–Crippen MR) is 523 cm³/mol. The average Bonchev–Trinajstić information content (AvgIpc) is 1.06. The van der Waals surface area contributed by atoms with Gasteiger partial charge >= 0.3 is 0 Å². The molecule has 2 unspecified atom stereocenters. The molecule has 0 aromatic heterocycles. The van der Waals surface area contributed by atoms with Gasteiger partial charge in [0, 0.05) is 33.4 Å². The molecule has 2 bridgehead atoms. The lowest BCUT2D eigenvalue weighted by Crippen LogP contribution is -2.42. The zero-order valence-corrected chi connectivity index (χ0v) is 70.9. The minimum Gasteiger partial charge on any atom is -0.457 e. The first-order valence-corrected chi connectivity index (χ1v) is 45.3. The summed E-state index contributed by atoms with van der Waals surface area (Å²) < 4.78 is 21.9. The summed E-state index contributed by atoms with van der Waals surface area (Å²) in [5.41, 5.74) is 33.7. The quantitative estimate of drug-likeness (QED) is 0.143. The molecule has 7 nitrogen and oxygen atoms in total. The van der Waals surface area contributed by atoms with Crippen molar-refractivity contribution in [3.05, 3.63) is 520 Å². The lowest BCUT2D eigenvalue weighted by Gasteiger charge is -2.52. The fourth-order valence-corrected chi connectivity index (χ4v) is 24.2. The van der Waals surface area contributed by atoms with Gasteiger partial charge in [-0.1, -0.05) is 328 Å². The Bertz CT molecular complexity index is 7570. The molecule has 8 aliphatic rings. The SMILES string of the molecule is N#Cc1c(N2c3ccc(-c4ccccc4)cc3C3(c4ccccc4Oc4ccccc43)c3cc(-c4ccccc4)ccc32)c2c(c(N3c4ccc(-c5ccccc5)cc4C4(c5ccccc5Oc5ccccc54)c4cc(-c5ccccc5)ccc43)c1N1c3ccc(-c4ccccc4)cc3C3(c4ccccc4Oc4ccccc43)c3cc(-c4ccccc4)ccc31)C1CCC2C1. The van der Waals surface area contributed by atoms with Crippen LogP contribution in [0.15, 0.2) is 437 Å². The van der Waals surface area contributed by atoms with Crippen molar-refractivity contribution >= 4 is 51.2 Å². The van der Waals surface area contributed by atoms with Crippen molar-refractivity contribution in [2.45, 2.75) is 47.3 Å². The highest BCUT2D eigenvalue weighted by Gasteiger charge is 2.59. The van der Waals surface area contributed by atoms with Crippen LogP contribution in [0.25, 0.3) is 66.8 Å². The highest BCUT2D eigenvalue weighted by Crippen LogP contribution is 2.74. The number of para-hydroxylation sites is 6. The van der Waals surface area contributed by atoms with Gasteiger partial charge < -0.3 is 28.9 Å². The van der Waals surface area contributed by atoms with Gasteiger partial charge in [-0.25, -0.2) is 0 Å². The van der Waals surface area contributed by atoms with E-state index >= 15 is 0 Å². The molecule has 610 valence electrons. The van der Waals surface area contributed by atoms with Crippen LogP contribution in [0.3, 0.4) is 0 Å². The molecule has 7 heteroatoms. The van der Waals surface area contributed by atoms with E-state index in [2.05, 4.69) is 458 Å². The van der Waals surface area contributed by atoms with Gasteiger partial charge in [-0.15, -0.1) is 0 Å². The zero-order chi connectivity index (χ0) is 85.5. The Kier molecular flexibility index (Phi) is 16.2. The molecule has 2 atom stereocenters. The van der Waals surface area contributed by atoms with Gasteiger partial charge in [0.1, 0.15) is 46.1 Å². The molecule has 3 spiro atoms. The molecule has 1 saturated carbocycles. The fraction of sp³-hybridized carbons (Fsp3) is 0.0650. The third-order valence-corrected chi connectivity index (χ3v) is 29.4. The Morgan fingerprint density at radius 2 is 0.408 bits per heavy atom. The largest absolute Gasteiger partial charge is 0.457 e. The summed E-state index contributed by atoms with van der Waals surface area (Å²) in [7, 11) is 0. The fourth-order valence-electron chi connectivity index (χ4n) is 24.2. The molecule has 0 N–H and O–H groups in total. The summed E-state index contributed by atoms with van der Waals surface area (Å²) in [5.74, 6) is 4.72. The number of hydrogen-bond donors (Lipinski definition) is 0. The Morgan fingerprint density at radius 3 is 0.638 bits per heavy atom. The minimum absolute atomic E-state index is 0.00946. The van der Waals surface area contributed by atoms with Gasteiger partial charge in [-0.3, -0.25) is 0 Å². The Hall–Kier alpha value is -16.5. The summed E-state index contributed by atoms with van der Waals surface area (Å²) in [6, 6.07) is 164. The lowest BCUT2D eigenvalue weighted by atomic mass is 9.60. The number of hydrogen-bond acceptors (Lipinski definition) is 7. The first-order valence-electron chi connectivity index (χ1n) is 45.3. The van der Waals surface area contributed by atoms with Crippen LogP contribution in [0, 0.1) is 11.3 Å². The van der Waals surface area contributed by atoms with Crippen molar-refractivity contribution in [1.82, 2.24) is 0 Å². The predicted octanol–water partition coefficient (Wildman–Crippen LogP) is 31.7. The highest BCUT2D eigenvalue weighted by molar-refractivity contribution is 6.09. The summed E-state index contributed by atoms with van der Waals surface area (Å²) in [4.78, 5) is 7.88. The first kappa shape index (κ1) is 73.8. The van der Waals surface area contributed by atoms with Crippen LogP contribution < -0.4 is 28.9 Å². The average molecular weight is 1660 g/mol. The van der Waals surface area contributed by atoms with Crippen LogP contribution in [-0.4, -0.2) is 0 Å². The standard InChI is InChI=1S/C123H80N4O3/c124-76-91-118(125-104-63-57-83(77-31-7-1-8-32-77)70-98(104)121(99-71-84(58-64-105(99)125)78-33-9-2-10-34-78)92-43-19-25-49-110(92)128-111-50-26-20-44-93(111)121)116-89-55-56-90(69-89)117(116)120(127-108-67-61-87(81-39-15-5-16-40-81)74-102(108)123(103-75-88(62-68-109(103)127)82-41-17-6-18-42-82)96-47-23-29-53-114(96)130-115-54-30-24-48-97(115)123)119(91)126-106-65-59-85(79-35-11-3-12-36-79)72-100(106)122(101-73-86(60-66-107(101)126)80-37-13-4-14-38-80)94-45-21-27-51-112(94)129-113-52-28-22-46-95(113)122/h1-54,57-68,70-75,89-90H,55-56,69H2. The Labute approximate surface area is 755 Å². The number of nitrogens with zero attached hydrogens (tertiary/aromatic N) is 4. The van der Waals surface area contributed by atoms with Gasteiger partial charge in [-0.2, -0.15) is 5.26 Å².